The molecule has 0 saturated carbocycles. The fourth-order valence-corrected chi connectivity index (χ4v) is 2.30. The molecule has 1 aromatic rings. The van der Waals surface area contributed by atoms with Crippen LogP contribution >= 0.6 is 0 Å². The third-order valence-electron chi connectivity index (χ3n) is 2.56. The molecule has 1 aromatic carbocycles. The number of hydrogen-bond acceptors (Lipinski definition) is 4. The fraction of sp³-hybridized carbons (Fsp3) is 0.500. The maximum absolute atomic E-state index is 11.2. The highest BCUT2D eigenvalue weighted by Crippen LogP contribution is 2.04. The highest BCUT2D eigenvalue weighted by Gasteiger charge is 2.05. The normalized spacial score (nSPS) is 11.6. The van der Waals surface area contributed by atoms with E-state index in [0.29, 0.717) is 13.0 Å². The lowest BCUT2D eigenvalue weighted by atomic mass is 10.2. The van der Waals surface area contributed by atoms with E-state index in [9.17, 15) is 8.42 Å². The minimum Gasteiger partial charge on any atom is -0.399 e. The van der Waals surface area contributed by atoms with Crippen molar-refractivity contribution >= 4 is 15.5 Å². The second-order valence-corrected chi connectivity index (χ2v) is 6.48. The second-order valence-electron chi connectivity index (χ2n) is 4.01. The Morgan fingerprint density at radius 3 is 2.47 bits per heavy atom. The number of anilines is 1. The van der Waals surface area contributed by atoms with Crippen molar-refractivity contribution in [3.05, 3.63) is 29.8 Å². The van der Waals surface area contributed by atoms with Gasteiger partial charge in [0, 0.05) is 18.0 Å². The first-order chi connectivity index (χ1) is 8.03. The summed E-state index contributed by atoms with van der Waals surface area (Å²) in [5.41, 5.74) is 7.48. The summed E-state index contributed by atoms with van der Waals surface area (Å²) in [6.45, 7) is 3.13. The van der Waals surface area contributed by atoms with Crippen LogP contribution in [0.2, 0.25) is 0 Å². The van der Waals surface area contributed by atoms with Gasteiger partial charge in [0.15, 0.2) is 0 Å². The van der Waals surface area contributed by atoms with E-state index in [1.54, 1.807) is 6.92 Å². The average Bonchev–Trinajstić information content (AvgIpc) is 2.31. The van der Waals surface area contributed by atoms with Crippen molar-refractivity contribution in [1.82, 2.24) is 5.32 Å². The van der Waals surface area contributed by atoms with Gasteiger partial charge < -0.3 is 11.1 Å². The van der Waals surface area contributed by atoms with Crippen LogP contribution in [0.25, 0.3) is 0 Å². The van der Waals surface area contributed by atoms with Crippen molar-refractivity contribution in [2.75, 3.05) is 23.8 Å². The fourth-order valence-electron chi connectivity index (χ4n) is 1.43. The van der Waals surface area contributed by atoms with Crippen LogP contribution < -0.4 is 11.1 Å². The van der Waals surface area contributed by atoms with Crippen LogP contribution in [0, 0.1) is 0 Å². The summed E-state index contributed by atoms with van der Waals surface area (Å²) in [4.78, 5) is 0. The Kier molecular flexibility index (Phi) is 5.44. The molecule has 0 saturated heterocycles. The van der Waals surface area contributed by atoms with Gasteiger partial charge in [0.2, 0.25) is 0 Å². The summed E-state index contributed by atoms with van der Waals surface area (Å²) in [5.74, 6) is 0.489. The molecule has 0 atom stereocenters. The first-order valence-electron chi connectivity index (χ1n) is 5.79. The van der Waals surface area contributed by atoms with Gasteiger partial charge >= 0.3 is 0 Å². The minimum atomic E-state index is -2.83. The van der Waals surface area contributed by atoms with E-state index in [4.69, 9.17) is 5.73 Å². The molecular formula is C12H20N2O2S. The number of nitrogens with two attached hydrogens (primary N) is 1. The van der Waals surface area contributed by atoms with E-state index in [-0.39, 0.29) is 11.5 Å². The summed E-state index contributed by atoms with van der Waals surface area (Å²) < 4.78 is 22.5. The van der Waals surface area contributed by atoms with Crippen LogP contribution in [0.5, 0.6) is 0 Å². The molecule has 0 aromatic heterocycles. The topological polar surface area (TPSA) is 72.2 Å². The van der Waals surface area contributed by atoms with Crippen LogP contribution in [-0.4, -0.2) is 26.5 Å². The van der Waals surface area contributed by atoms with E-state index >= 15 is 0 Å². The Labute approximate surface area is 103 Å². The first kappa shape index (κ1) is 14.0. The highest BCUT2D eigenvalue weighted by molar-refractivity contribution is 7.91. The predicted octanol–water partition coefficient (Wildman–Crippen LogP) is 1.18. The van der Waals surface area contributed by atoms with E-state index in [1.807, 2.05) is 24.3 Å². The van der Waals surface area contributed by atoms with Crippen molar-refractivity contribution < 1.29 is 8.42 Å². The molecule has 0 fully saturated rings. The zero-order valence-corrected chi connectivity index (χ0v) is 11.0. The second kappa shape index (κ2) is 6.61. The third kappa shape index (κ3) is 5.70. The van der Waals surface area contributed by atoms with E-state index in [2.05, 4.69) is 5.32 Å². The Hall–Kier alpha value is -1.07. The van der Waals surface area contributed by atoms with Crippen molar-refractivity contribution in [1.29, 1.82) is 0 Å². The van der Waals surface area contributed by atoms with Gasteiger partial charge in [-0.25, -0.2) is 8.42 Å². The molecule has 96 valence electrons. The Morgan fingerprint density at radius 1 is 1.24 bits per heavy atom. The van der Waals surface area contributed by atoms with Crippen LogP contribution in [0.4, 0.5) is 5.69 Å². The van der Waals surface area contributed by atoms with Crippen LogP contribution in [0.3, 0.4) is 0 Å². The van der Waals surface area contributed by atoms with Crippen LogP contribution in [-0.2, 0) is 16.4 Å². The number of nitrogens with one attached hydrogen (secondary N) is 1. The Balaban J connectivity index is 2.19. The largest absolute Gasteiger partial charge is 0.399 e. The molecule has 1 rings (SSSR count). The lowest BCUT2D eigenvalue weighted by Crippen LogP contribution is -2.19. The number of sulfone groups is 1. The molecule has 0 spiro atoms. The number of hydrogen-bond donors (Lipinski definition) is 2. The molecule has 0 aliphatic heterocycles. The van der Waals surface area contributed by atoms with Gasteiger partial charge in [-0.1, -0.05) is 19.1 Å². The number of rotatable bonds is 7. The smallest absolute Gasteiger partial charge is 0.150 e. The van der Waals surface area contributed by atoms with Crippen LogP contribution in [0.15, 0.2) is 24.3 Å². The van der Waals surface area contributed by atoms with Crippen molar-refractivity contribution in [2.45, 2.75) is 19.9 Å². The molecule has 0 heterocycles. The minimum absolute atomic E-state index is 0.227. The third-order valence-corrected chi connectivity index (χ3v) is 4.35. The summed E-state index contributed by atoms with van der Waals surface area (Å²) in [6.07, 6.45) is 0.658. The molecule has 0 amide bonds. The van der Waals surface area contributed by atoms with Crippen molar-refractivity contribution in [2.24, 2.45) is 0 Å². The molecular weight excluding hydrogens is 236 g/mol. The molecule has 0 aliphatic carbocycles. The van der Waals surface area contributed by atoms with Gasteiger partial charge in [0.05, 0.1) is 5.75 Å². The first-order valence-corrected chi connectivity index (χ1v) is 7.61. The molecule has 17 heavy (non-hydrogen) atoms. The monoisotopic (exact) mass is 256 g/mol. The number of nitrogen functional groups attached to an aromatic ring is 1. The zero-order chi connectivity index (χ0) is 12.7. The molecule has 0 radical (unpaired) electrons. The van der Waals surface area contributed by atoms with Crippen LogP contribution in [0.1, 0.15) is 18.9 Å². The van der Waals surface area contributed by atoms with Crippen molar-refractivity contribution in [3.63, 3.8) is 0 Å². The van der Waals surface area contributed by atoms with E-state index in [1.165, 1.54) is 0 Å². The SMILES string of the molecule is CCS(=O)(=O)CCCNCc1ccc(N)cc1. The molecule has 3 N–H and O–H groups in total. The lowest BCUT2D eigenvalue weighted by molar-refractivity contribution is 0.590. The van der Waals surface area contributed by atoms with E-state index < -0.39 is 9.84 Å². The maximum atomic E-state index is 11.2. The molecule has 5 heteroatoms. The highest BCUT2D eigenvalue weighted by atomic mass is 32.2. The predicted molar refractivity (Wildman–Crippen MR) is 71.5 cm³/mol. The van der Waals surface area contributed by atoms with Gasteiger partial charge in [0.1, 0.15) is 9.84 Å². The molecule has 0 unspecified atom stereocenters. The lowest BCUT2D eigenvalue weighted by Gasteiger charge is -2.05. The molecule has 4 nitrogen and oxygen atoms in total. The molecule has 0 bridgehead atoms. The zero-order valence-electron chi connectivity index (χ0n) is 10.1. The maximum Gasteiger partial charge on any atom is 0.150 e. The summed E-state index contributed by atoms with van der Waals surface area (Å²) in [6, 6.07) is 7.65. The summed E-state index contributed by atoms with van der Waals surface area (Å²) in [5, 5.41) is 3.21. The molecule has 0 aliphatic rings. The Morgan fingerprint density at radius 2 is 1.88 bits per heavy atom. The number of benzene rings is 1. The van der Waals surface area contributed by atoms with E-state index in [0.717, 1.165) is 17.8 Å². The summed E-state index contributed by atoms with van der Waals surface area (Å²) in [7, 11) is -2.83. The Bertz CT molecular complexity index is 426. The average molecular weight is 256 g/mol. The van der Waals surface area contributed by atoms with Gasteiger partial charge in [0.25, 0.3) is 0 Å². The van der Waals surface area contributed by atoms with Crippen molar-refractivity contribution in [3.8, 4) is 0 Å². The van der Waals surface area contributed by atoms with Gasteiger partial charge in [-0.15, -0.1) is 0 Å². The van der Waals surface area contributed by atoms with Gasteiger partial charge in [-0.2, -0.15) is 0 Å². The standard InChI is InChI=1S/C12H20N2O2S/c1-2-17(15,16)9-3-8-14-10-11-4-6-12(13)7-5-11/h4-7,14H,2-3,8-10,13H2,1H3. The quantitative estimate of drug-likeness (QED) is 0.567. The van der Waals surface area contributed by atoms with Gasteiger partial charge in [-0.05, 0) is 30.7 Å². The summed E-state index contributed by atoms with van der Waals surface area (Å²) >= 11 is 0. The van der Waals surface area contributed by atoms with Gasteiger partial charge in [-0.3, -0.25) is 0 Å².